The number of esters is 1. The van der Waals surface area contributed by atoms with Gasteiger partial charge in [0.25, 0.3) is 5.91 Å². The number of nitrogens with zero attached hydrogens (tertiary/aromatic N) is 1. The molecule has 1 heterocycles. The second-order valence-electron chi connectivity index (χ2n) is 6.64. The van der Waals surface area contributed by atoms with Crippen LogP contribution in [0.5, 0.6) is 5.75 Å². The summed E-state index contributed by atoms with van der Waals surface area (Å²) in [6, 6.07) is 12.1. The topological polar surface area (TPSA) is 90.7 Å². The highest BCUT2D eigenvalue weighted by Gasteiger charge is 2.20. The van der Waals surface area contributed by atoms with Crippen molar-refractivity contribution in [2.75, 3.05) is 5.32 Å². The Morgan fingerprint density at radius 2 is 1.93 bits per heavy atom. The van der Waals surface area contributed by atoms with E-state index < -0.39 is 23.8 Å². The van der Waals surface area contributed by atoms with Crippen molar-refractivity contribution in [2.24, 2.45) is 0 Å². The number of hydrogen-bond acceptors (Lipinski definition) is 6. The highest BCUT2D eigenvalue weighted by atomic mass is 19.1. The Morgan fingerprint density at radius 3 is 2.63 bits per heavy atom. The van der Waals surface area contributed by atoms with E-state index in [4.69, 9.17) is 14.0 Å². The van der Waals surface area contributed by atoms with Crippen LogP contribution < -0.4 is 10.1 Å². The molecule has 0 saturated carbocycles. The van der Waals surface area contributed by atoms with E-state index in [1.807, 2.05) is 6.92 Å². The number of anilines is 1. The van der Waals surface area contributed by atoms with Gasteiger partial charge in [-0.2, -0.15) is 0 Å². The van der Waals surface area contributed by atoms with Crippen molar-refractivity contribution in [1.29, 1.82) is 0 Å². The summed E-state index contributed by atoms with van der Waals surface area (Å²) >= 11 is 0. The van der Waals surface area contributed by atoms with Crippen LogP contribution in [-0.4, -0.2) is 23.1 Å². The Morgan fingerprint density at radius 1 is 1.17 bits per heavy atom. The lowest BCUT2D eigenvalue weighted by Crippen LogP contribution is -2.30. The summed E-state index contributed by atoms with van der Waals surface area (Å²) in [5.74, 6) is -0.800. The first-order valence-corrected chi connectivity index (χ1v) is 9.26. The molecule has 0 fully saturated rings. The van der Waals surface area contributed by atoms with Gasteiger partial charge in [0.15, 0.2) is 6.10 Å². The van der Waals surface area contributed by atoms with Gasteiger partial charge in [-0.25, -0.2) is 9.18 Å². The average Bonchev–Trinajstić information content (AvgIpc) is 3.05. The zero-order valence-corrected chi connectivity index (χ0v) is 16.8. The number of aryl methyl sites for hydroxylation is 2. The first-order chi connectivity index (χ1) is 14.3. The predicted octanol–water partition coefficient (Wildman–Crippen LogP) is 4.19. The third-order valence-electron chi connectivity index (χ3n) is 4.42. The zero-order valence-electron chi connectivity index (χ0n) is 16.8. The van der Waals surface area contributed by atoms with Crippen LogP contribution in [0, 0.1) is 19.7 Å². The molecular formula is C22H21FN2O5. The Labute approximate surface area is 172 Å². The summed E-state index contributed by atoms with van der Waals surface area (Å²) in [6.45, 7) is 5.25. The van der Waals surface area contributed by atoms with Crippen molar-refractivity contribution in [3.05, 3.63) is 76.9 Å². The number of nitrogens with one attached hydrogen (secondary N) is 1. The van der Waals surface area contributed by atoms with Crippen molar-refractivity contribution < 1.29 is 28.0 Å². The molecule has 0 saturated heterocycles. The van der Waals surface area contributed by atoms with Gasteiger partial charge in [-0.3, -0.25) is 4.79 Å². The SMILES string of the molecule is Cc1noc(C)c1COc1cccc(C(=O)OC(C)C(=O)Nc2ccccc2F)c1. The lowest BCUT2D eigenvalue weighted by molar-refractivity contribution is -0.123. The molecule has 0 bridgehead atoms. The smallest absolute Gasteiger partial charge is 0.339 e. The van der Waals surface area contributed by atoms with E-state index >= 15 is 0 Å². The normalized spacial score (nSPS) is 11.6. The van der Waals surface area contributed by atoms with Crippen LogP contribution in [-0.2, 0) is 16.1 Å². The van der Waals surface area contributed by atoms with E-state index in [0.29, 0.717) is 11.5 Å². The zero-order chi connectivity index (χ0) is 21.7. The highest BCUT2D eigenvalue weighted by molar-refractivity contribution is 5.97. The number of para-hydroxylation sites is 1. The van der Waals surface area contributed by atoms with Crippen molar-refractivity contribution in [3.8, 4) is 5.75 Å². The molecule has 0 radical (unpaired) electrons. The standard InChI is InChI=1S/C22H21FN2O5/c1-13-18(14(2)30-25-13)12-28-17-8-6-7-16(11-17)22(27)29-15(3)21(26)24-20-10-5-4-9-19(20)23/h4-11,15H,12H2,1-3H3,(H,24,26). The monoisotopic (exact) mass is 412 g/mol. The number of aromatic nitrogens is 1. The second kappa shape index (κ2) is 9.21. The molecule has 1 amide bonds. The number of benzene rings is 2. The summed E-state index contributed by atoms with van der Waals surface area (Å²) in [5, 5.41) is 6.26. The van der Waals surface area contributed by atoms with Crippen LogP contribution in [0.4, 0.5) is 10.1 Å². The number of carbonyl (C=O) groups is 2. The summed E-state index contributed by atoms with van der Waals surface area (Å²) in [6.07, 6.45) is -1.12. The maximum Gasteiger partial charge on any atom is 0.339 e. The lowest BCUT2D eigenvalue weighted by atomic mass is 10.2. The molecule has 1 N–H and O–H groups in total. The van der Waals surface area contributed by atoms with E-state index in [0.717, 1.165) is 11.3 Å². The molecule has 156 valence electrons. The average molecular weight is 412 g/mol. The minimum atomic E-state index is -1.12. The van der Waals surface area contributed by atoms with E-state index in [2.05, 4.69) is 10.5 Å². The molecule has 0 aliphatic heterocycles. The molecule has 8 heteroatoms. The molecular weight excluding hydrogens is 391 g/mol. The van der Waals surface area contributed by atoms with Crippen LogP contribution in [0.1, 0.15) is 34.3 Å². The maximum absolute atomic E-state index is 13.7. The summed E-state index contributed by atoms with van der Waals surface area (Å²) < 4.78 is 29.7. The van der Waals surface area contributed by atoms with Crippen LogP contribution in [0.3, 0.4) is 0 Å². The fraction of sp³-hybridized carbons (Fsp3) is 0.227. The van der Waals surface area contributed by atoms with E-state index in [-0.39, 0.29) is 17.9 Å². The molecule has 1 unspecified atom stereocenters. The van der Waals surface area contributed by atoms with Gasteiger partial charge in [0.05, 0.1) is 22.5 Å². The van der Waals surface area contributed by atoms with Crippen molar-refractivity contribution in [3.63, 3.8) is 0 Å². The van der Waals surface area contributed by atoms with E-state index in [9.17, 15) is 14.0 Å². The van der Waals surface area contributed by atoms with Crippen LogP contribution in [0.15, 0.2) is 53.1 Å². The fourth-order valence-corrected chi connectivity index (χ4v) is 2.66. The van der Waals surface area contributed by atoms with E-state index in [1.165, 1.54) is 31.2 Å². The summed E-state index contributed by atoms with van der Waals surface area (Å²) in [4.78, 5) is 24.6. The van der Waals surface area contributed by atoms with Gasteiger partial charge in [0.1, 0.15) is 23.9 Å². The molecule has 0 spiro atoms. The minimum absolute atomic E-state index is 0.0140. The van der Waals surface area contributed by atoms with Crippen molar-refractivity contribution >= 4 is 17.6 Å². The molecule has 30 heavy (non-hydrogen) atoms. The summed E-state index contributed by atoms with van der Waals surface area (Å²) in [5.41, 5.74) is 1.80. The minimum Gasteiger partial charge on any atom is -0.489 e. The van der Waals surface area contributed by atoms with E-state index in [1.54, 1.807) is 31.2 Å². The maximum atomic E-state index is 13.7. The van der Waals surface area contributed by atoms with Gasteiger partial charge in [-0.05, 0) is 51.1 Å². The fourth-order valence-electron chi connectivity index (χ4n) is 2.66. The second-order valence-corrected chi connectivity index (χ2v) is 6.64. The van der Waals surface area contributed by atoms with Crippen LogP contribution in [0.2, 0.25) is 0 Å². The Balaban J connectivity index is 1.60. The number of ether oxygens (including phenoxy) is 2. The number of carbonyl (C=O) groups excluding carboxylic acids is 2. The highest BCUT2D eigenvalue weighted by Crippen LogP contribution is 2.19. The molecule has 0 aliphatic rings. The predicted molar refractivity (Wildman–Crippen MR) is 107 cm³/mol. The molecule has 2 aromatic carbocycles. The first-order valence-electron chi connectivity index (χ1n) is 9.26. The molecule has 1 aromatic heterocycles. The molecule has 1 atom stereocenters. The Hall–Kier alpha value is -3.68. The quantitative estimate of drug-likeness (QED) is 0.585. The Kier molecular flexibility index (Phi) is 6.46. The number of halogens is 1. The molecule has 3 rings (SSSR count). The number of amides is 1. The van der Waals surface area contributed by atoms with Gasteiger partial charge in [-0.15, -0.1) is 0 Å². The number of rotatable bonds is 7. The third kappa shape index (κ3) is 5.02. The molecule has 0 aliphatic carbocycles. The number of hydrogen-bond donors (Lipinski definition) is 1. The Bertz CT molecular complexity index is 1040. The van der Waals surface area contributed by atoms with Gasteiger partial charge >= 0.3 is 5.97 Å². The van der Waals surface area contributed by atoms with Gasteiger partial charge in [-0.1, -0.05) is 23.4 Å². The van der Waals surface area contributed by atoms with Crippen LogP contribution in [0.25, 0.3) is 0 Å². The first kappa shape index (κ1) is 21.0. The molecule has 7 nitrogen and oxygen atoms in total. The van der Waals surface area contributed by atoms with Crippen LogP contribution >= 0.6 is 0 Å². The van der Waals surface area contributed by atoms with Gasteiger partial charge < -0.3 is 19.3 Å². The van der Waals surface area contributed by atoms with Gasteiger partial charge in [0, 0.05) is 0 Å². The third-order valence-corrected chi connectivity index (χ3v) is 4.42. The summed E-state index contributed by atoms with van der Waals surface area (Å²) in [7, 11) is 0. The van der Waals surface area contributed by atoms with Crippen molar-refractivity contribution in [1.82, 2.24) is 5.16 Å². The largest absolute Gasteiger partial charge is 0.489 e. The molecule has 3 aromatic rings. The lowest BCUT2D eigenvalue weighted by Gasteiger charge is -2.14. The van der Waals surface area contributed by atoms with Crippen molar-refractivity contribution in [2.45, 2.75) is 33.5 Å². The van der Waals surface area contributed by atoms with Gasteiger partial charge in [0.2, 0.25) is 0 Å².